The molecule has 0 aliphatic carbocycles. The van der Waals surface area contributed by atoms with E-state index in [-0.39, 0.29) is 22.5 Å². The van der Waals surface area contributed by atoms with Gasteiger partial charge in [0.05, 0.1) is 10.8 Å². The zero-order chi connectivity index (χ0) is 13.1. The summed E-state index contributed by atoms with van der Waals surface area (Å²) in [6, 6.07) is 2.56. The van der Waals surface area contributed by atoms with Crippen molar-refractivity contribution in [1.29, 1.82) is 0 Å². The number of likely N-dealkylation sites (tertiary alicyclic amines) is 1. The van der Waals surface area contributed by atoms with E-state index < -0.39 is 16.8 Å². The molecule has 1 amide bonds. The fourth-order valence-electron chi connectivity index (χ4n) is 1.80. The molecule has 0 aromatic carbocycles. The third kappa shape index (κ3) is 2.79. The Bertz CT molecular complexity index is 489. The van der Waals surface area contributed by atoms with Gasteiger partial charge in [0.1, 0.15) is 5.75 Å². The summed E-state index contributed by atoms with van der Waals surface area (Å²) in [5, 5.41) is 8.69. The molecule has 1 aromatic rings. The van der Waals surface area contributed by atoms with Crippen LogP contribution in [-0.4, -0.2) is 44.9 Å². The molecule has 1 aliphatic heterocycles. The van der Waals surface area contributed by atoms with Crippen LogP contribution in [0.1, 0.15) is 23.4 Å². The lowest BCUT2D eigenvalue weighted by Crippen LogP contribution is -2.31. The first-order valence-electron chi connectivity index (χ1n) is 5.57. The van der Waals surface area contributed by atoms with Gasteiger partial charge in [-0.15, -0.1) is 0 Å². The lowest BCUT2D eigenvalue weighted by Gasteiger charge is -2.13. The minimum absolute atomic E-state index is 0.0277. The molecule has 6 nitrogen and oxygen atoms in total. The summed E-state index contributed by atoms with van der Waals surface area (Å²) in [5.74, 6) is -1.83. The van der Waals surface area contributed by atoms with Crippen molar-refractivity contribution in [2.24, 2.45) is 0 Å². The van der Waals surface area contributed by atoms with Gasteiger partial charge in [-0.3, -0.25) is 9.00 Å². The zero-order valence-corrected chi connectivity index (χ0v) is 10.4. The number of aromatic carboxylic acids is 1. The number of carbonyl (C=O) groups excluding carboxylic acids is 1. The van der Waals surface area contributed by atoms with Crippen molar-refractivity contribution in [2.45, 2.75) is 17.9 Å². The van der Waals surface area contributed by atoms with Crippen LogP contribution in [0.15, 0.2) is 21.6 Å². The molecule has 1 saturated heterocycles. The quantitative estimate of drug-likeness (QED) is 0.871. The van der Waals surface area contributed by atoms with Crippen LogP contribution in [0.25, 0.3) is 0 Å². The molecule has 1 N–H and O–H groups in total. The average Bonchev–Trinajstić information content (AvgIpc) is 3.00. The van der Waals surface area contributed by atoms with E-state index >= 15 is 0 Å². The lowest BCUT2D eigenvalue weighted by molar-refractivity contribution is -0.127. The maximum Gasteiger partial charge on any atom is 0.371 e. The number of rotatable bonds is 4. The topological polar surface area (TPSA) is 87.8 Å². The van der Waals surface area contributed by atoms with E-state index in [1.54, 1.807) is 4.90 Å². The second-order valence-corrected chi connectivity index (χ2v) is 5.38. The minimum atomic E-state index is -1.63. The van der Waals surface area contributed by atoms with Crippen LogP contribution >= 0.6 is 0 Å². The molecule has 0 bridgehead atoms. The molecule has 2 rings (SSSR count). The van der Waals surface area contributed by atoms with Gasteiger partial charge in [0.2, 0.25) is 11.7 Å². The van der Waals surface area contributed by atoms with E-state index in [2.05, 4.69) is 0 Å². The van der Waals surface area contributed by atoms with Crippen molar-refractivity contribution < 1.29 is 23.3 Å². The van der Waals surface area contributed by atoms with Gasteiger partial charge in [-0.1, -0.05) is 0 Å². The number of amides is 1. The Hall–Kier alpha value is -1.63. The summed E-state index contributed by atoms with van der Waals surface area (Å²) in [6.07, 6.45) is 1.95. The number of nitrogens with zero attached hydrogens (tertiary/aromatic N) is 1. The number of furan rings is 1. The number of hydrogen-bond donors (Lipinski definition) is 1. The van der Waals surface area contributed by atoms with Crippen LogP contribution in [-0.2, 0) is 15.6 Å². The Morgan fingerprint density at radius 1 is 1.33 bits per heavy atom. The number of carboxylic acids is 1. The molecule has 7 heteroatoms. The summed E-state index contributed by atoms with van der Waals surface area (Å²) >= 11 is 0. The molecule has 1 aromatic heterocycles. The first-order chi connectivity index (χ1) is 8.58. The van der Waals surface area contributed by atoms with E-state index in [0.717, 1.165) is 12.8 Å². The summed E-state index contributed by atoms with van der Waals surface area (Å²) in [7, 11) is -1.63. The van der Waals surface area contributed by atoms with Crippen LogP contribution in [0.4, 0.5) is 0 Å². The molecule has 0 radical (unpaired) electrons. The number of hydrogen-bond acceptors (Lipinski definition) is 4. The Balaban J connectivity index is 1.98. The summed E-state index contributed by atoms with van der Waals surface area (Å²) < 4.78 is 16.7. The van der Waals surface area contributed by atoms with Gasteiger partial charge in [0, 0.05) is 13.1 Å². The van der Waals surface area contributed by atoms with E-state index in [4.69, 9.17) is 9.52 Å². The van der Waals surface area contributed by atoms with Gasteiger partial charge in [0.25, 0.3) is 0 Å². The molecule has 98 valence electrons. The second-order valence-electron chi connectivity index (χ2n) is 4.00. The molecule has 1 atom stereocenters. The zero-order valence-electron chi connectivity index (χ0n) is 9.63. The van der Waals surface area contributed by atoms with Gasteiger partial charge in [-0.05, 0) is 25.0 Å². The van der Waals surface area contributed by atoms with E-state index in [0.29, 0.717) is 13.1 Å². The predicted molar refractivity (Wildman–Crippen MR) is 62.8 cm³/mol. The normalized spacial score (nSPS) is 16.8. The predicted octanol–water partition coefficient (Wildman–Crippen LogP) is 0.708. The van der Waals surface area contributed by atoms with Gasteiger partial charge in [-0.25, -0.2) is 4.79 Å². The third-order valence-corrected chi connectivity index (χ3v) is 3.91. The van der Waals surface area contributed by atoms with Crippen molar-refractivity contribution in [3.8, 4) is 0 Å². The SMILES string of the molecule is O=C(O)c1ccc(S(=O)CC(=O)N2CCCC2)o1. The van der Waals surface area contributed by atoms with Crippen LogP contribution in [0.5, 0.6) is 0 Å². The van der Waals surface area contributed by atoms with Crippen LogP contribution in [0, 0.1) is 0 Å². The van der Waals surface area contributed by atoms with Crippen molar-refractivity contribution >= 4 is 22.7 Å². The first kappa shape index (κ1) is 12.8. The highest BCUT2D eigenvalue weighted by Gasteiger charge is 2.22. The van der Waals surface area contributed by atoms with E-state index in [1.807, 2.05) is 0 Å². The monoisotopic (exact) mass is 271 g/mol. The van der Waals surface area contributed by atoms with E-state index in [9.17, 15) is 13.8 Å². The summed E-state index contributed by atoms with van der Waals surface area (Å²) in [4.78, 5) is 24.0. The second kappa shape index (κ2) is 5.34. The summed E-state index contributed by atoms with van der Waals surface area (Å²) in [6.45, 7) is 1.41. The highest BCUT2D eigenvalue weighted by atomic mass is 32.2. The molecular formula is C11H13NO5S. The number of carboxylic acid groups (broad SMARTS) is 1. The Labute approximate surface area is 106 Å². The van der Waals surface area contributed by atoms with Gasteiger partial charge in [0.15, 0.2) is 5.09 Å². The lowest BCUT2D eigenvalue weighted by atomic mass is 10.4. The highest BCUT2D eigenvalue weighted by molar-refractivity contribution is 7.85. The van der Waals surface area contributed by atoms with E-state index in [1.165, 1.54) is 12.1 Å². The van der Waals surface area contributed by atoms with Gasteiger partial charge >= 0.3 is 5.97 Å². The largest absolute Gasteiger partial charge is 0.475 e. The minimum Gasteiger partial charge on any atom is -0.475 e. The first-order valence-corrected chi connectivity index (χ1v) is 6.89. The fraction of sp³-hybridized carbons (Fsp3) is 0.455. The molecule has 1 unspecified atom stereocenters. The average molecular weight is 271 g/mol. The molecule has 1 aliphatic rings. The molecular weight excluding hydrogens is 258 g/mol. The number of carbonyl (C=O) groups is 2. The van der Waals surface area contributed by atoms with Crippen LogP contribution in [0.2, 0.25) is 0 Å². The molecule has 1 fully saturated rings. The summed E-state index contributed by atoms with van der Waals surface area (Å²) in [5.41, 5.74) is 0. The van der Waals surface area contributed by atoms with Crippen molar-refractivity contribution in [1.82, 2.24) is 4.90 Å². The molecule has 18 heavy (non-hydrogen) atoms. The molecule has 2 heterocycles. The van der Waals surface area contributed by atoms with Crippen LogP contribution in [0.3, 0.4) is 0 Å². The highest BCUT2D eigenvalue weighted by Crippen LogP contribution is 2.14. The standard InChI is InChI=1S/C11H13NO5S/c13-9(12-5-1-2-6-12)7-18(16)10-4-3-8(17-10)11(14)15/h3-4H,1-2,5-7H2,(H,14,15). The maximum absolute atomic E-state index is 11.8. The van der Waals surface area contributed by atoms with Crippen LogP contribution < -0.4 is 0 Å². The smallest absolute Gasteiger partial charge is 0.371 e. The molecule has 0 spiro atoms. The Kier molecular flexibility index (Phi) is 3.81. The maximum atomic E-state index is 11.8. The van der Waals surface area contributed by atoms with Gasteiger partial charge < -0.3 is 14.4 Å². The van der Waals surface area contributed by atoms with Crippen molar-refractivity contribution in [2.75, 3.05) is 18.8 Å². The third-order valence-electron chi connectivity index (χ3n) is 2.73. The van der Waals surface area contributed by atoms with Gasteiger partial charge in [-0.2, -0.15) is 0 Å². The van der Waals surface area contributed by atoms with Crippen molar-refractivity contribution in [3.05, 3.63) is 17.9 Å². The van der Waals surface area contributed by atoms with Crippen molar-refractivity contribution in [3.63, 3.8) is 0 Å². The fourth-order valence-corrected chi connectivity index (χ4v) is 2.75. The Morgan fingerprint density at radius 2 is 2.00 bits per heavy atom. The molecule has 0 saturated carbocycles. The Morgan fingerprint density at radius 3 is 2.56 bits per heavy atom.